The molecule has 0 aromatic carbocycles. The first-order valence-corrected chi connectivity index (χ1v) is 11.7. The number of ether oxygens (including phenoxy) is 2. The van der Waals surface area contributed by atoms with Crippen LogP contribution in [0.25, 0.3) is 0 Å². The highest BCUT2D eigenvalue weighted by Crippen LogP contribution is 2.63. The van der Waals surface area contributed by atoms with E-state index in [1.165, 1.54) is 18.6 Å². The number of allylic oxidation sites excluding steroid dienone is 2. The Kier molecular flexibility index (Phi) is 8.18. The second kappa shape index (κ2) is 9.89. The summed E-state index contributed by atoms with van der Waals surface area (Å²) in [4.78, 5) is 23.2. The Balaban J connectivity index is 2.52. The third kappa shape index (κ3) is 5.24. The molecule has 31 heavy (non-hydrogen) atoms. The molecule has 0 heterocycles. The van der Waals surface area contributed by atoms with Crippen molar-refractivity contribution in [2.24, 2.45) is 28.6 Å². The van der Waals surface area contributed by atoms with Crippen molar-refractivity contribution in [2.45, 2.75) is 93.3 Å². The normalized spacial score (nSPS) is 36.0. The van der Waals surface area contributed by atoms with Crippen molar-refractivity contribution in [2.75, 3.05) is 6.61 Å². The monoisotopic (exact) mass is 434 g/mol. The lowest BCUT2D eigenvalue weighted by molar-refractivity contribution is -0.224. The van der Waals surface area contributed by atoms with Crippen LogP contribution in [0.2, 0.25) is 0 Å². The molecule has 0 aromatic heterocycles. The zero-order valence-corrected chi connectivity index (χ0v) is 20.7. The molecule has 0 aromatic rings. The molecule has 2 rings (SSSR count). The van der Waals surface area contributed by atoms with Crippen molar-refractivity contribution in [1.82, 2.24) is 0 Å². The molecule has 0 radical (unpaired) electrons. The van der Waals surface area contributed by atoms with E-state index in [2.05, 4.69) is 47.6 Å². The van der Waals surface area contributed by atoms with Crippen LogP contribution in [0, 0.1) is 28.6 Å². The Hall–Kier alpha value is -1.62. The first-order valence-electron chi connectivity index (χ1n) is 11.7. The molecule has 5 nitrogen and oxygen atoms in total. The molecule has 6 atom stereocenters. The minimum absolute atomic E-state index is 0.0927. The van der Waals surface area contributed by atoms with Crippen LogP contribution in [0.4, 0.5) is 0 Å². The summed E-state index contributed by atoms with van der Waals surface area (Å²) in [6.45, 7) is 17.2. The van der Waals surface area contributed by atoms with Crippen molar-refractivity contribution < 1.29 is 24.2 Å². The molecule has 1 saturated carbocycles. The van der Waals surface area contributed by atoms with E-state index in [9.17, 15) is 9.59 Å². The second-order valence-electron chi connectivity index (χ2n) is 10.6. The Bertz CT molecular complexity index is 736. The lowest BCUT2D eigenvalue weighted by atomic mass is 9.45. The van der Waals surface area contributed by atoms with Gasteiger partial charge in [0.25, 0.3) is 0 Å². The SMILES string of the molecule is CC(=O)O[C@@H]1[C@@H](C)[C@](C)(CC/C(C)=C\C(=O)O)[C@H]2CCC=C(C)[C@]2(C)[C@H]1OCC(C)C. The van der Waals surface area contributed by atoms with Crippen LogP contribution in [0.3, 0.4) is 0 Å². The van der Waals surface area contributed by atoms with E-state index >= 15 is 0 Å². The maximum atomic E-state index is 12.1. The van der Waals surface area contributed by atoms with Crippen LogP contribution >= 0.6 is 0 Å². The van der Waals surface area contributed by atoms with Crippen molar-refractivity contribution in [3.63, 3.8) is 0 Å². The highest BCUT2D eigenvalue weighted by molar-refractivity contribution is 5.80. The number of carboxylic acid groups (broad SMARTS) is 1. The van der Waals surface area contributed by atoms with Gasteiger partial charge in [-0.1, -0.05) is 51.8 Å². The molecule has 0 spiro atoms. The molecule has 2 aliphatic rings. The molecular formula is C26H42O5. The van der Waals surface area contributed by atoms with Gasteiger partial charge in [0.05, 0.1) is 0 Å². The lowest BCUT2D eigenvalue weighted by Crippen LogP contribution is -2.64. The summed E-state index contributed by atoms with van der Waals surface area (Å²) < 4.78 is 12.5. The minimum atomic E-state index is -0.902. The highest BCUT2D eigenvalue weighted by Gasteiger charge is 2.63. The molecule has 0 bridgehead atoms. The number of rotatable bonds is 8. The van der Waals surface area contributed by atoms with Gasteiger partial charge in [0, 0.05) is 30.9 Å². The Morgan fingerprint density at radius 2 is 1.94 bits per heavy atom. The number of carboxylic acids is 1. The van der Waals surface area contributed by atoms with Crippen LogP contribution in [0.5, 0.6) is 0 Å². The van der Waals surface area contributed by atoms with E-state index in [0.717, 1.165) is 24.8 Å². The topological polar surface area (TPSA) is 72.8 Å². The Morgan fingerprint density at radius 3 is 2.48 bits per heavy atom. The molecule has 2 aliphatic carbocycles. The summed E-state index contributed by atoms with van der Waals surface area (Å²) in [5.41, 5.74) is 1.83. The number of carbonyl (C=O) groups is 2. The number of aliphatic carboxylic acids is 1. The van der Waals surface area contributed by atoms with Gasteiger partial charge in [-0.2, -0.15) is 0 Å². The zero-order chi connectivity index (χ0) is 23.6. The predicted octanol–water partition coefficient (Wildman–Crippen LogP) is 5.79. The lowest BCUT2D eigenvalue weighted by Gasteiger charge is -2.63. The van der Waals surface area contributed by atoms with Crippen molar-refractivity contribution in [3.05, 3.63) is 23.3 Å². The fourth-order valence-electron chi connectivity index (χ4n) is 6.07. The van der Waals surface area contributed by atoms with Gasteiger partial charge in [0.2, 0.25) is 0 Å². The molecular weight excluding hydrogens is 392 g/mol. The number of esters is 1. The third-order valence-corrected chi connectivity index (χ3v) is 8.04. The standard InChI is InChI=1S/C26H42O5/c1-16(2)15-30-24-23(31-20(6)27)19(5)25(7,13-12-17(3)14-22(28)29)21-11-9-10-18(4)26(21,24)8/h10,14,16,19,21,23-24H,9,11-13,15H2,1-8H3,(H,28,29)/b17-14-/t19-,21-,23-,24+,25+,26+/m1/s1. The number of hydrogen-bond acceptors (Lipinski definition) is 4. The minimum Gasteiger partial charge on any atom is -0.478 e. The summed E-state index contributed by atoms with van der Waals surface area (Å²) >= 11 is 0. The number of fused-ring (bicyclic) bond motifs is 1. The molecule has 0 unspecified atom stereocenters. The summed E-state index contributed by atoms with van der Waals surface area (Å²) in [5.74, 6) is -0.337. The average Bonchev–Trinajstić information content (AvgIpc) is 2.65. The van der Waals surface area contributed by atoms with Crippen molar-refractivity contribution in [1.29, 1.82) is 0 Å². The summed E-state index contributed by atoms with van der Waals surface area (Å²) in [6, 6.07) is 0. The molecule has 5 heteroatoms. The van der Waals surface area contributed by atoms with Crippen molar-refractivity contribution >= 4 is 11.9 Å². The van der Waals surface area contributed by atoms with Gasteiger partial charge in [-0.15, -0.1) is 0 Å². The maximum absolute atomic E-state index is 12.1. The molecule has 0 amide bonds. The first-order chi connectivity index (χ1) is 14.3. The number of hydrogen-bond donors (Lipinski definition) is 1. The van der Waals surface area contributed by atoms with E-state index in [1.54, 1.807) is 0 Å². The van der Waals surface area contributed by atoms with E-state index in [0.29, 0.717) is 24.9 Å². The van der Waals surface area contributed by atoms with Crippen LogP contribution < -0.4 is 0 Å². The smallest absolute Gasteiger partial charge is 0.328 e. The Morgan fingerprint density at radius 1 is 1.29 bits per heavy atom. The summed E-state index contributed by atoms with van der Waals surface area (Å²) in [7, 11) is 0. The zero-order valence-electron chi connectivity index (χ0n) is 20.7. The fraction of sp³-hybridized carbons (Fsp3) is 0.769. The quantitative estimate of drug-likeness (QED) is 0.297. The van der Waals surface area contributed by atoms with Gasteiger partial charge in [-0.25, -0.2) is 4.79 Å². The largest absolute Gasteiger partial charge is 0.478 e. The van der Waals surface area contributed by atoms with E-state index < -0.39 is 5.97 Å². The van der Waals surface area contributed by atoms with Gasteiger partial charge >= 0.3 is 11.9 Å². The molecule has 0 aliphatic heterocycles. The van der Waals surface area contributed by atoms with Crippen LogP contribution in [0.15, 0.2) is 23.3 Å². The van der Waals surface area contributed by atoms with Crippen LogP contribution in [0.1, 0.15) is 81.1 Å². The number of carbonyl (C=O) groups excluding carboxylic acids is 1. The van der Waals surface area contributed by atoms with Crippen LogP contribution in [-0.4, -0.2) is 35.9 Å². The molecule has 1 fully saturated rings. The molecule has 1 N–H and O–H groups in total. The molecule has 0 saturated heterocycles. The maximum Gasteiger partial charge on any atom is 0.328 e. The van der Waals surface area contributed by atoms with E-state index in [-0.39, 0.29) is 34.9 Å². The van der Waals surface area contributed by atoms with Gasteiger partial charge in [-0.05, 0) is 56.8 Å². The highest BCUT2D eigenvalue weighted by atomic mass is 16.6. The van der Waals surface area contributed by atoms with Gasteiger partial charge in [-0.3, -0.25) is 4.79 Å². The van der Waals surface area contributed by atoms with E-state index in [1.807, 2.05) is 6.92 Å². The second-order valence-corrected chi connectivity index (χ2v) is 10.6. The summed E-state index contributed by atoms with van der Waals surface area (Å²) in [5, 5.41) is 9.12. The van der Waals surface area contributed by atoms with Gasteiger partial charge in [0.15, 0.2) is 0 Å². The third-order valence-electron chi connectivity index (χ3n) is 8.04. The van der Waals surface area contributed by atoms with Crippen LogP contribution in [-0.2, 0) is 19.1 Å². The first kappa shape index (κ1) is 25.6. The average molecular weight is 435 g/mol. The van der Waals surface area contributed by atoms with Gasteiger partial charge < -0.3 is 14.6 Å². The predicted molar refractivity (Wildman–Crippen MR) is 123 cm³/mol. The fourth-order valence-corrected chi connectivity index (χ4v) is 6.07. The Labute approximate surface area is 188 Å². The van der Waals surface area contributed by atoms with Gasteiger partial charge in [0.1, 0.15) is 12.2 Å². The summed E-state index contributed by atoms with van der Waals surface area (Å²) in [6.07, 6.45) is 6.75. The molecule has 176 valence electrons. The van der Waals surface area contributed by atoms with E-state index in [4.69, 9.17) is 14.6 Å². The van der Waals surface area contributed by atoms with Crippen molar-refractivity contribution in [3.8, 4) is 0 Å².